The summed E-state index contributed by atoms with van der Waals surface area (Å²) < 4.78 is 9.52. The quantitative estimate of drug-likeness (QED) is 0.856. The Labute approximate surface area is 101 Å². The van der Waals surface area contributed by atoms with Gasteiger partial charge in [-0.15, -0.1) is 5.10 Å². The molecule has 4 nitrogen and oxygen atoms in total. The molecule has 5 heteroatoms. The maximum atomic E-state index is 5.56. The van der Waals surface area contributed by atoms with Crippen LogP contribution in [-0.4, -0.2) is 29.3 Å². The molecule has 1 fully saturated rings. The minimum atomic E-state index is 0.375. The van der Waals surface area contributed by atoms with Gasteiger partial charge >= 0.3 is 0 Å². The fourth-order valence-corrected chi connectivity index (χ4v) is 2.81. The second-order valence-electron chi connectivity index (χ2n) is 4.23. The van der Waals surface area contributed by atoms with Crippen molar-refractivity contribution in [1.82, 2.24) is 14.9 Å². The van der Waals surface area contributed by atoms with E-state index >= 15 is 0 Å². The van der Waals surface area contributed by atoms with E-state index in [9.17, 15) is 0 Å². The second kappa shape index (κ2) is 6.27. The number of nitrogens with zero attached hydrogens (tertiary/aromatic N) is 2. The Balaban J connectivity index is 2.01. The van der Waals surface area contributed by atoms with E-state index in [-0.39, 0.29) is 0 Å². The van der Waals surface area contributed by atoms with Gasteiger partial charge in [-0.1, -0.05) is 11.4 Å². The molecule has 1 aliphatic rings. The molecule has 0 saturated carbocycles. The summed E-state index contributed by atoms with van der Waals surface area (Å²) in [4.78, 5) is 1.24. The first-order chi connectivity index (χ1) is 7.92. The number of aromatic nitrogens is 2. The molecule has 2 atom stereocenters. The van der Waals surface area contributed by atoms with E-state index in [1.165, 1.54) is 29.3 Å². The first-order valence-electron chi connectivity index (χ1n) is 6.00. The minimum Gasteiger partial charge on any atom is -0.381 e. The Kier molecular flexibility index (Phi) is 4.69. The van der Waals surface area contributed by atoms with Crippen molar-refractivity contribution in [2.45, 2.75) is 32.2 Å². The largest absolute Gasteiger partial charge is 0.381 e. The SMILES string of the molecule is CCCNC(c1cnns1)C1CCCOC1. The molecule has 0 spiro atoms. The lowest BCUT2D eigenvalue weighted by atomic mass is 9.93. The molecule has 2 unspecified atom stereocenters. The Morgan fingerprint density at radius 3 is 3.25 bits per heavy atom. The number of nitrogens with one attached hydrogen (secondary N) is 1. The van der Waals surface area contributed by atoms with Crippen LogP contribution in [0.15, 0.2) is 6.20 Å². The van der Waals surface area contributed by atoms with Crippen LogP contribution >= 0.6 is 11.5 Å². The van der Waals surface area contributed by atoms with Crippen LogP contribution in [0.1, 0.15) is 37.1 Å². The summed E-state index contributed by atoms with van der Waals surface area (Å²) in [6.07, 6.45) is 5.43. The third-order valence-electron chi connectivity index (χ3n) is 2.97. The van der Waals surface area contributed by atoms with E-state index in [2.05, 4.69) is 21.8 Å². The number of hydrogen-bond acceptors (Lipinski definition) is 5. The van der Waals surface area contributed by atoms with Crippen LogP contribution in [0.25, 0.3) is 0 Å². The molecule has 1 saturated heterocycles. The van der Waals surface area contributed by atoms with Crippen molar-refractivity contribution >= 4 is 11.5 Å². The Morgan fingerprint density at radius 1 is 1.69 bits per heavy atom. The molecule has 1 aromatic rings. The van der Waals surface area contributed by atoms with E-state index in [4.69, 9.17) is 4.74 Å². The number of hydrogen-bond donors (Lipinski definition) is 1. The molecule has 0 amide bonds. The topological polar surface area (TPSA) is 47.0 Å². The summed E-state index contributed by atoms with van der Waals surface area (Å²) in [7, 11) is 0. The average Bonchev–Trinajstić information content (AvgIpc) is 2.85. The highest BCUT2D eigenvalue weighted by molar-refractivity contribution is 7.05. The Morgan fingerprint density at radius 2 is 2.62 bits per heavy atom. The van der Waals surface area contributed by atoms with Gasteiger partial charge in [-0.25, -0.2) is 0 Å². The zero-order chi connectivity index (χ0) is 11.2. The monoisotopic (exact) mass is 241 g/mol. The highest BCUT2D eigenvalue weighted by atomic mass is 32.1. The van der Waals surface area contributed by atoms with Crippen molar-refractivity contribution in [2.75, 3.05) is 19.8 Å². The lowest BCUT2D eigenvalue weighted by Crippen LogP contribution is -2.33. The average molecular weight is 241 g/mol. The predicted molar refractivity (Wildman–Crippen MR) is 64.5 cm³/mol. The zero-order valence-corrected chi connectivity index (χ0v) is 10.5. The van der Waals surface area contributed by atoms with E-state index in [0.29, 0.717) is 12.0 Å². The molecule has 0 aliphatic carbocycles. The van der Waals surface area contributed by atoms with Gasteiger partial charge in [-0.05, 0) is 37.3 Å². The normalized spacial score (nSPS) is 23.2. The van der Waals surface area contributed by atoms with E-state index in [1.807, 2.05) is 6.20 Å². The summed E-state index contributed by atoms with van der Waals surface area (Å²) in [5.41, 5.74) is 0. The summed E-state index contributed by atoms with van der Waals surface area (Å²) in [5, 5.41) is 7.53. The van der Waals surface area contributed by atoms with Crippen molar-refractivity contribution in [2.24, 2.45) is 5.92 Å². The van der Waals surface area contributed by atoms with Gasteiger partial charge in [0.25, 0.3) is 0 Å². The highest BCUT2D eigenvalue weighted by Gasteiger charge is 2.26. The van der Waals surface area contributed by atoms with Gasteiger partial charge in [-0.3, -0.25) is 0 Å². The summed E-state index contributed by atoms with van der Waals surface area (Å²) in [6.45, 7) is 5.00. The van der Waals surface area contributed by atoms with Crippen LogP contribution in [0.5, 0.6) is 0 Å². The molecular weight excluding hydrogens is 222 g/mol. The van der Waals surface area contributed by atoms with Gasteiger partial charge in [0, 0.05) is 18.6 Å². The molecule has 2 heterocycles. The molecular formula is C11H19N3OS. The van der Waals surface area contributed by atoms with Crippen molar-refractivity contribution in [3.8, 4) is 0 Å². The van der Waals surface area contributed by atoms with Gasteiger partial charge in [0.05, 0.1) is 17.7 Å². The number of rotatable bonds is 5. The van der Waals surface area contributed by atoms with E-state index < -0.39 is 0 Å². The van der Waals surface area contributed by atoms with Crippen LogP contribution in [0.4, 0.5) is 0 Å². The summed E-state index contributed by atoms with van der Waals surface area (Å²) in [5.74, 6) is 0.572. The third-order valence-corrected chi connectivity index (χ3v) is 3.71. The lowest BCUT2D eigenvalue weighted by Gasteiger charge is -2.29. The maximum Gasteiger partial charge on any atom is 0.0669 e. The molecule has 16 heavy (non-hydrogen) atoms. The molecule has 0 aromatic carbocycles. The van der Waals surface area contributed by atoms with Gasteiger partial charge in [-0.2, -0.15) is 0 Å². The standard InChI is InChI=1S/C11H19N3OS/c1-2-5-12-11(10-7-13-14-16-10)9-4-3-6-15-8-9/h7,9,11-12H,2-6,8H2,1H3. The van der Waals surface area contributed by atoms with Crippen LogP contribution in [0.3, 0.4) is 0 Å². The van der Waals surface area contributed by atoms with Gasteiger partial charge < -0.3 is 10.1 Å². The first-order valence-corrected chi connectivity index (χ1v) is 6.77. The molecule has 1 aromatic heterocycles. The maximum absolute atomic E-state index is 5.56. The summed E-state index contributed by atoms with van der Waals surface area (Å²) >= 11 is 1.50. The van der Waals surface area contributed by atoms with Crippen LogP contribution in [-0.2, 0) is 4.74 Å². The minimum absolute atomic E-state index is 0.375. The second-order valence-corrected chi connectivity index (χ2v) is 5.05. The summed E-state index contributed by atoms with van der Waals surface area (Å²) in [6, 6.07) is 0.375. The fraction of sp³-hybridized carbons (Fsp3) is 0.818. The number of ether oxygens (including phenoxy) is 1. The third kappa shape index (κ3) is 2.99. The van der Waals surface area contributed by atoms with Crippen molar-refractivity contribution in [3.63, 3.8) is 0 Å². The lowest BCUT2D eigenvalue weighted by molar-refractivity contribution is 0.0395. The van der Waals surface area contributed by atoms with Gasteiger partial charge in [0.2, 0.25) is 0 Å². The van der Waals surface area contributed by atoms with Crippen molar-refractivity contribution in [1.29, 1.82) is 0 Å². The first kappa shape index (κ1) is 12.0. The molecule has 90 valence electrons. The molecule has 1 aliphatic heterocycles. The van der Waals surface area contributed by atoms with E-state index in [1.54, 1.807) is 0 Å². The smallest absolute Gasteiger partial charge is 0.0669 e. The van der Waals surface area contributed by atoms with Crippen molar-refractivity contribution in [3.05, 3.63) is 11.1 Å². The molecule has 2 rings (SSSR count). The van der Waals surface area contributed by atoms with Crippen LogP contribution < -0.4 is 5.32 Å². The van der Waals surface area contributed by atoms with E-state index in [0.717, 1.165) is 26.2 Å². The highest BCUT2D eigenvalue weighted by Crippen LogP contribution is 2.29. The Hall–Kier alpha value is -0.520. The molecule has 1 N–H and O–H groups in total. The predicted octanol–water partition coefficient (Wildman–Crippen LogP) is 2.01. The van der Waals surface area contributed by atoms with Crippen LogP contribution in [0.2, 0.25) is 0 Å². The molecule has 0 bridgehead atoms. The zero-order valence-electron chi connectivity index (χ0n) is 9.69. The molecule has 0 radical (unpaired) electrons. The van der Waals surface area contributed by atoms with Crippen molar-refractivity contribution < 1.29 is 4.74 Å². The fourth-order valence-electron chi connectivity index (χ4n) is 2.14. The Bertz CT molecular complexity index is 285. The van der Waals surface area contributed by atoms with Crippen LogP contribution in [0, 0.1) is 5.92 Å². The van der Waals surface area contributed by atoms with Gasteiger partial charge in [0.1, 0.15) is 0 Å². The van der Waals surface area contributed by atoms with Gasteiger partial charge in [0.15, 0.2) is 0 Å².